The fourth-order valence-corrected chi connectivity index (χ4v) is 5.18. The van der Waals surface area contributed by atoms with Crippen LogP contribution in [0.25, 0.3) is 16.7 Å². The Morgan fingerprint density at radius 2 is 1.68 bits per heavy atom. The van der Waals surface area contributed by atoms with Crippen LogP contribution in [0.15, 0.2) is 65.6 Å². The second-order valence-corrected chi connectivity index (χ2v) is 10.5. The van der Waals surface area contributed by atoms with Crippen LogP contribution in [-0.2, 0) is 22.9 Å². The predicted octanol–water partition coefficient (Wildman–Crippen LogP) is 3.90. The summed E-state index contributed by atoms with van der Waals surface area (Å²) in [6.45, 7) is 5.26. The smallest absolute Gasteiger partial charge is 0.328 e. The molecule has 0 saturated carbocycles. The van der Waals surface area contributed by atoms with Gasteiger partial charge in [-0.25, -0.2) is 22.9 Å². The molecule has 9 nitrogen and oxygen atoms in total. The molecule has 0 bridgehead atoms. The summed E-state index contributed by atoms with van der Waals surface area (Å²) in [7, 11) is -3.92. The molecule has 1 aliphatic heterocycles. The Morgan fingerprint density at radius 3 is 2.35 bits per heavy atom. The molecule has 2 heterocycles. The number of carbonyl (C=O) groups excluding carboxylic acids is 1. The number of fused-ring (bicyclic) bond motifs is 2. The van der Waals surface area contributed by atoms with Crippen molar-refractivity contribution >= 4 is 27.1 Å². The first-order valence-electron chi connectivity index (χ1n) is 12.1. The van der Waals surface area contributed by atoms with Crippen molar-refractivity contribution in [3.63, 3.8) is 0 Å². The van der Waals surface area contributed by atoms with E-state index in [-0.39, 0.29) is 11.4 Å². The first kappa shape index (κ1) is 24.6. The van der Waals surface area contributed by atoms with Gasteiger partial charge in [-0.3, -0.25) is 4.57 Å². The quantitative estimate of drug-likeness (QED) is 0.382. The van der Waals surface area contributed by atoms with Gasteiger partial charge in [0.2, 0.25) is 0 Å². The highest BCUT2D eigenvalue weighted by molar-refractivity contribution is 7.90. The second-order valence-electron chi connectivity index (χ2n) is 8.79. The van der Waals surface area contributed by atoms with E-state index in [2.05, 4.69) is 16.8 Å². The Hall–Kier alpha value is -4.05. The summed E-state index contributed by atoms with van der Waals surface area (Å²) in [4.78, 5) is 17.0. The van der Waals surface area contributed by atoms with E-state index in [4.69, 9.17) is 14.5 Å². The molecule has 2 N–H and O–H groups in total. The SMILES string of the molecule is CCc1nc2cc3c(cc2n1-c1ccc(CCNC(=O)NS(=O)(=O)c2ccc(C)cc2)cc1)OCCO3. The van der Waals surface area contributed by atoms with Crippen molar-refractivity contribution in [3.8, 4) is 17.2 Å². The van der Waals surface area contributed by atoms with E-state index in [1.165, 1.54) is 12.1 Å². The number of hydrogen-bond acceptors (Lipinski definition) is 6. The molecule has 5 rings (SSSR count). The summed E-state index contributed by atoms with van der Waals surface area (Å²) >= 11 is 0. The molecular weight excluding hydrogens is 492 g/mol. The van der Waals surface area contributed by atoms with Crippen molar-refractivity contribution in [1.29, 1.82) is 0 Å². The van der Waals surface area contributed by atoms with Gasteiger partial charge in [0.15, 0.2) is 11.5 Å². The first-order valence-corrected chi connectivity index (χ1v) is 13.6. The van der Waals surface area contributed by atoms with Gasteiger partial charge in [-0.05, 0) is 43.2 Å². The molecule has 0 spiro atoms. The average molecular weight is 521 g/mol. The number of sulfonamides is 1. The van der Waals surface area contributed by atoms with Crippen molar-refractivity contribution in [2.24, 2.45) is 0 Å². The van der Waals surface area contributed by atoms with Crippen molar-refractivity contribution in [1.82, 2.24) is 19.6 Å². The molecular formula is C27H28N4O5S. The highest BCUT2D eigenvalue weighted by Gasteiger charge is 2.19. The molecule has 0 atom stereocenters. The number of urea groups is 1. The predicted molar refractivity (Wildman–Crippen MR) is 140 cm³/mol. The molecule has 37 heavy (non-hydrogen) atoms. The van der Waals surface area contributed by atoms with E-state index in [0.29, 0.717) is 31.1 Å². The minimum atomic E-state index is -3.92. The lowest BCUT2D eigenvalue weighted by Gasteiger charge is -2.18. The molecule has 1 aromatic heterocycles. The van der Waals surface area contributed by atoms with E-state index in [0.717, 1.165) is 40.1 Å². The molecule has 0 saturated heterocycles. The molecule has 1 aliphatic rings. The number of nitrogens with one attached hydrogen (secondary N) is 2. The van der Waals surface area contributed by atoms with Crippen molar-refractivity contribution < 1.29 is 22.7 Å². The number of ether oxygens (including phenoxy) is 2. The molecule has 4 aromatic rings. The molecule has 2 amide bonds. The second kappa shape index (κ2) is 10.1. The summed E-state index contributed by atoms with van der Waals surface area (Å²) < 4.78 is 40.4. The number of hydrogen-bond donors (Lipinski definition) is 2. The highest BCUT2D eigenvalue weighted by Crippen LogP contribution is 2.36. The van der Waals surface area contributed by atoms with Crippen LogP contribution in [-0.4, -0.2) is 43.8 Å². The van der Waals surface area contributed by atoms with Gasteiger partial charge in [-0.1, -0.05) is 36.8 Å². The van der Waals surface area contributed by atoms with Crippen LogP contribution in [0.5, 0.6) is 11.5 Å². The molecule has 3 aromatic carbocycles. The summed E-state index contributed by atoms with van der Waals surface area (Å²) in [6.07, 6.45) is 1.30. The molecule has 192 valence electrons. The maximum atomic E-state index is 12.4. The summed E-state index contributed by atoms with van der Waals surface area (Å²) in [6, 6.07) is 17.4. The van der Waals surface area contributed by atoms with Crippen LogP contribution in [0.1, 0.15) is 23.9 Å². The largest absolute Gasteiger partial charge is 0.486 e. The summed E-state index contributed by atoms with van der Waals surface area (Å²) in [5.41, 5.74) is 4.70. The zero-order chi connectivity index (χ0) is 26.0. The summed E-state index contributed by atoms with van der Waals surface area (Å²) in [5, 5.41) is 2.61. The van der Waals surface area contributed by atoms with Crippen molar-refractivity contribution in [2.75, 3.05) is 19.8 Å². The molecule has 0 radical (unpaired) electrons. The van der Waals surface area contributed by atoms with E-state index >= 15 is 0 Å². The lowest BCUT2D eigenvalue weighted by atomic mass is 10.1. The Balaban J connectivity index is 1.24. The number of carbonyl (C=O) groups is 1. The zero-order valence-corrected chi connectivity index (χ0v) is 21.5. The maximum absolute atomic E-state index is 12.4. The fourth-order valence-electron chi connectivity index (χ4n) is 4.26. The molecule has 0 aliphatic carbocycles. The van der Waals surface area contributed by atoms with E-state index in [1.807, 2.05) is 48.0 Å². The van der Waals surface area contributed by atoms with Crippen molar-refractivity contribution in [3.05, 3.63) is 77.6 Å². The topological polar surface area (TPSA) is 112 Å². The van der Waals surface area contributed by atoms with Gasteiger partial charge in [-0.15, -0.1) is 0 Å². The first-order chi connectivity index (χ1) is 17.8. The minimum absolute atomic E-state index is 0.0434. The standard InChI is InChI=1S/C27H28N4O5S/c1-3-26-29-22-16-24-25(36-15-14-35-24)17-23(22)31(26)20-8-6-19(7-9-20)12-13-28-27(32)30-37(33,34)21-10-4-18(2)5-11-21/h4-11,16-17H,3,12-15H2,1-2H3,(H2,28,30,32). The van der Waals surface area contributed by atoms with Crippen LogP contribution >= 0.6 is 0 Å². The van der Waals surface area contributed by atoms with E-state index in [1.54, 1.807) is 12.1 Å². The number of rotatable bonds is 7. The van der Waals surface area contributed by atoms with Crippen LogP contribution in [0.2, 0.25) is 0 Å². The lowest BCUT2D eigenvalue weighted by Crippen LogP contribution is -2.40. The third-order valence-corrected chi connectivity index (χ3v) is 7.50. The maximum Gasteiger partial charge on any atom is 0.328 e. The van der Waals surface area contributed by atoms with Crippen LogP contribution < -0.4 is 19.5 Å². The van der Waals surface area contributed by atoms with Gasteiger partial charge in [0.05, 0.1) is 15.9 Å². The Morgan fingerprint density at radius 1 is 1.00 bits per heavy atom. The van der Waals surface area contributed by atoms with Gasteiger partial charge < -0.3 is 14.8 Å². The van der Waals surface area contributed by atoms with Crippen LogP contribution in [0.3, 0.4) is 0 Å². The van der Waals surface area contributed by atoms with Gasteiger partial charge in [0.1, 0.15) is 19.0 Å². The number of aromatic nitrogens is 2. The normalized spacial score (nSPS) is 12.9. The monoisotopic (exact) mass is 520 g/mol. The van der Waals surface area contributed by atoms with Crippen LogP contribution in [0.4, 0.5) is 4.79 Å². The summed E-state index contributed by atoms with van der Waals surface area (Å²) in [5.74, 6) is 2.36. The van der Waals surface area contributed by atoms with E-state index < -0.39 is 16.1 Å². The molecule has 10 heteroatoms. The highest BCUT2D eigenvalue weighted by atomic mass is 32.2. The Kier molecular flexibility index (Phi) is 6.75. The molecule has 0 fully saturated rings. The number of imidazole rings is 1. The average Bonchev–Trinajstić information content (AvgIpc) is 3.25. The van der Waals surface area contributed by atoms with E-state index in [9.17, 15) is 13.2 Å². The Labute approximate surface area is 215 Å². The number of benzene rings is 3. The lowest BCUT2D eigenvalue weighted by molar-refractivity contribution is 0.172. The third kappa shape index (κ3) is 5.24. The number of aryl methyl sites for hydroxylation is 2. The van der Waals surface area contributed by atoms with Gasteiger partial charge in [-0.2, -0.15) is 0 Å². The van der Waals surface area contributed by atoms with Gasteiger partial charge >= 0.3 is 6.03 Å². The zero-order valence-electron chi connectivity index (χ0n) is 20.7. The van der Waals surface area contributed by atoms with Gasteiger partial charge in [0, 0.05) is 30.8 Å². The fraction of sp³-hybridized carbons (Fsp3) is 0.259. The van der Waals surface area contributed by atoms with Crippen LogP contribution in [0, 0.1) is 6.92 Å². The minimum Gasteiger partial charge on any atom is -0.486 e. The van der Waals surface area contributed by atoms with Gasteiger partial charge in [0.25, 0.3) is 10.0 Å². The molecule has 0 unspecified atom stereocenters. The van der Waals surface area contributed by atoms with Crippen molar-refractivity contribution in [2.45, 2.75) is 31.6 Å². The number of nitrogens with zero attached hydrogens (tertiary/aromatic N) is 2. The number of amides is 2. The third-order valence-electron chi connectivity index (χ3n) is 6.16. The Bertz CT molecular complexity index is 1540.